The van der Waals surface area contributed by atoms with Gasteiger partial charge in [0.05, 0.1) is 18.6 Å². The fourth-order valence-corrected chi connectivity index (χ4v) is 2.59. The number of nitrogens with zero attached hydrogens (tertiary/aromatic N) is 3. The minimum atomic E-state index is -0.00669. The lowest BCUT2D eigenvalue weighted by molar-refractivity contribution is 0.281. The maximum absolute atomic E-state index is 9.02. The van der Waals surface area contributed by atoms with Crippen molar-refractivity contribution in [3.8, 4) is 0 Å². The highest BCUT2D eigenvalue weighted by molar-refractivity contribution is 7.16. The minimum absolute atomic E-state index is 0.00669. The minimum Gasteiger partial charge on any atom is -0.395 e. The fourth-order valence-electron chi connectivity index (χ4n) is 1.62. The molecule has 0 saturated carbocycles. The first kappa shape index (κ1) is 12.5. The molecule has 2 aromatic heterocycles. The second kappa shape index (κ2) is 5.59. The number of halogens is 1. The Morgan fingerprint density at radius 3 is 2.59 bits per heavy atom. The zero-order valence-electron chi connectivity index (χ0n) is 9.01. The Bertz CT molecular complexity index is 499. The molecule has 0 fully saturated rings. The van der Waals surface area contributed by atoms with Crippen LogP contribution in [0.2, 0.25) is 5.28 Å². The van der Waals surface area contributed by atoms with Crippen LogP contribution in [0.5, 0.6) is 0 Å². The summed E-state index contributed by atoms with van der Waals surface area (Å²) in [6.07, 6.45) is 0. The number of aliphatic hydroxyl groups is 2. The molecule has 0 aromatic carbocycles. The Kier molecular flexibility index (Phi) is 4.11. The molecule has 17 heavy (non-hydrogen) atoms. The van der Waals surface area contributed by atoms with Crippen molar-refractivity contribution in [1.29, 1.82) is 0 Å². The number of thiophene rings is 1. The molecule has 0 spiro atoms. The SMILES string of the molecule is OCCN(CCO)c1nc(Cl)nc2sccc12. The first-order valence-corrected chi connectivity index (χ1v) is 6.39. The van der Waals surface area contributed by atoms with Crippen LogP contribution in [-0.2, 0) is 0 Å². The Labute approximate surface area is 107 Å². The zero-order chi connectivity index (χ0) is 12.3. The molecule has 2 heterocycles. The molecule has 5 nitrogen and oxygen atoms in total. The van der Waals surface area contributed by atoms with Crippen molar-refractivity contribution in [3.05, 3.63) is 16.7 Å². The van der Waals surface area contributed by atoms with Gasteiger partial charge in [-0.3, -0.25) is 0 Å². The fraction of sp³-hybridized carbons (Fsp3) is 0.400. The van der Waals surface area contributed by atoms with E-state index in [0.29, 0.717) is 18.9 Å². The van der Waals surface area contributed by atoms with Crippen molar-refractivity contribution < 1.29 is 10.2 Å². The normalized spacial score (nSPS) is 11.0. The molecule has 0 bridgehead atoms. The number of hydrogen-bond acceptors (Lipinski definition) is 6. The second-order valence-corrected chi connectivity index (χ2v) is 4.62. The zero-order valence-corrected chi connectivity index (χ0v) is 10.6. The lowest BCUT2D eigenvalue weighted by atomic mass is 10.3. The summed E-state index contributed by atoms with van der Waals surface area (Å²) in [6.45, 7) is 0.790. The summed E-state index contributed by atoms with van der Waals surface area (Å²) in [4.78, 5) is 10.9. The van der Waals surface area contributed by atoms with Gasteiger partial charge in [0.2, 0.25) is 5.28 Å². The van der Waals surface area contributed by atoms with E-state index in [1.165, 1.54) is 11.3 Å². The molecule has 0 aliphatic carbocycles. The van der Waals surface area contributed by atoms with Crippen LogP contribution in [0.3, 0.4) is 0 Å². The van der Waals surface area contributed by atoms with Gasteiger partial charge in [0.15, 0.2) is 0 Å². The van der Waals surface area contributed by atoms with Crippen molar-refractivity contribution in [3.63, 3.8) is 0 Å². The molecule has 2 aromatic rings. The topological polar surface area (TPSA) is 69.5 Å². The van der Waals surface area contributed by atoms with E-state index in [4.69, 9.17) is 21.8 Å². The first-order chi connectivity index (χ1) is 8.26. The molecule has 0 unspecified atom stereocenters. The van der Waals surface area contributed by atoms with Crippen molar-refractivity contribution >= 4 is 39.0 Å². The molecule has 0 amide bonds. The van der Waals surface area contributed by atoms with Gasteiger partial charge in [0.25, 0.3) is 0 Å². The van der Waals surface area contributed by atoms with Crippen LogP contribution in [0.1, 0.15) is 0 Å². The number of aromatic nitrogens is 2. The van der Waals surface area contributed by atoms with Gasteiger partial charge in [-0.15, -0.1) is 11.3 Å². The number of aliphatic hydroxyl groups excluding tert-OH is 2. The van der Waals surface area contributed by atoms with Gasteiger partial charge in [0.1, 0.15) is 10.6 Å². The smallest absolute Gasteiger partial charge is 0.225 e. The number of anilines is 1. The van der Waals surface area contributed by atoms with E-state index in [1.807, 2.05) is 11.4 Å². The van der Waals surface area contributed by atoms with Crippen LogP contribution in [0.25, 0.3) is 10.2 Å². The highest BCUT2D eigenvalue weighted by Gasteiger charge is 2.14. The van der Waals surface area contributed by atoms with Gasteiger partial charge in [-0.1, -0.05) is 0 Å². The van der Waals surface area contributed by atoms with Gasteiger partial charge >= 0.3 is 0 Å². The Morgan fingerprint density at radius 2 is 1.94 bits per heavy atom. The molecule has 2 N–H and O–H groups in total. The number of fused-ring (bicyclic) bond motifs is 1. The molecular formula is C10H12ClN3O2S. The van der Waals surface area contributed by atoms with Crippen molar-refractivity contribution in [2.75, 3.05) is 31.2 Å². The number of rotatable bonds is 5. The van der Waals surface area contributed by atoms with Gasteiger partial charge in [-0.2, -0.15) is 4.98 Å². The van der Waals surface area contributed by atoms with Gasteiger partial charge in [-0.25, -0.2) is 4.98 Å². The summed E-state index contributed by atoms with van der Waals surface area (Å²) in [5, 5.41) is 21.0. The van der Waals surface area contributed by atoms with Gasteiger partial charge < -0.3 is 15.1 Å². The summed E-state index contributed by atoms with van der Waals surface area (Å²) in [7, 11) is 0. The molecule has 2 rings (SSSR count). The quantitative estimate of drug-likeness (QED) is 0.800. The Morgan fingerprint density at radius 1 is 1.24 bits per heavy atom. The summed E-state index contributed by atoms with van der Waals surface area (Å²) in [5.41, 5.74) is 0. The molecule has 0 aliphatic heterocycles. The van der Waals surface area contributed by atoms with Crippen LogP contribution in [0.4, 0.5) is 5.82 Å². The van der Waals surface area contributed by atoms with Crippen molar-refractivity contribution in [2.45, 2.75) is 0 Å². The lowest BCUT2D eigenvalue weighted by Crippen LogP contribution is -2.30. The standard InChI is InChI=1S/C10H12ClN3O2S/c11-10-12-8(14(2-4-15)3-5-16)7-1-6-17-9(7)13-10/h1,6,15-16H,2-5H2. The van der Waals surface area contributed by atoms with Crippen LogP contribution in [-0.4, -0.2) is 46.5 Å². The van der Waals surface area contributed by atoms with E-state index in [1.54, 1.807) is 4.90 Å². The molecule has 0 aliphatic rings. The third-order valence-corrected chi connectivity index (χ3v) is 3.29. The summed E-state index contributed by atoms with van der Waals surface area (Å²) >= 11 is 7.34. The Balaban J connectivity index is 2.46. The predicted molar refractivity (Wildman–Crippen MR) is 68.8 cm³/mol. The second-order valence-electron chi connectivity index (χ2n) is 3.39. The average Bonchev–Trinajstić information content (AvgIpc) is 2.75. The lowest BCUT2D eigenvalue weighted by Gasteiger charge is -2.22. The van der Waals surface area contributed by atoms with Crippen molar-refractivity contribution in [1.82, 2.24) is 9.97 Å². The third kappa shape index (κ3) is 2.66. The number of hydrogen-bond donors (Lipinski definition) is 2. The van der Waals surface area contributed by atoms with E-state index in [0.717, 1.165) is 10.2 Å². The van der Waals surface area contributed by atoms with Crippen LogP contribution < -0.4 is 4.90 Å². The van der Waals surface area contributed by atoms with E-state index in [2.05, 4.69) is 9.97 Å². The summed E-state index contributed by atoms with van der Waals surface area (Å²) in [5.74, 6) is 0.657. The maximum atomic E-state index is 9.02. The van der Waals surface area contributed by atoms with Gasteiger partial charge in [0, 0.05) is 13.1 Å². The van der Waals surface area contributed by atoms with E-state index in [9.17, 15) is 0 Å². The van der Waals surface area contributed by atoms with Crippen molar-refractivity contribution in [2.24, 2.45) is 0 Å². The van der Waals surface area contributed by atoms with E-state index in [-0.39, 0.29) is 18.5 Å². The highest BCUT2D eigenvalue weighted by Crippen LogP contribution is 2.28. The predicted octanol–water partition coefficient (Wildman–Crippen LogP) is 1.14. The molecule has 92 valence electrons. The molecule has 0 atom stereocenters. The molecule has 0 saturated heterocycles. The summed E-state index contributed by atoms with van der Waals surface area (Å²) < 4.78 is 0. The average molecular weight is 274 g/mol. The first-order valence-electron chi connectivity index (χ1n) is 5.13. The highest BCUT2D eigenvalue weighted by atomic mass is 35.5. The van der Waals surface area contributed by atoms with E-state index < -0.39 is 0 Å². The largest absolute Gasteiger partial charge is 0.395 e. The monoisotopic (exact) mass is 273 g/mol. The van der Waals surface area contributed by atoms with Gasteiger partial charge in [-0.05, 0) is 23.0 Å². The molecular weight excluding hydrogens is 262 g/mol. The van der Waals surface area contributed by atoms with Crippen LogP contribution in [0, 0.1) is 0 Å². The Hall–Kier alpha value is -0.950. The third-order valence-electron chi connectivity index (χ3n) is 2.32. The molecule has 7 heteroatoms. The van der Waals surface area contributed by atoms with Crippen LogP contribution in [0.15, 0.2) is 11.4 Å². The molecule has 0 radical (unpaired) electrons. The van der Waals surface area contributed by atoms with Crippen LogP contribution >= 0.6 is 22.9 Å². The van der Waals surface area contributed by atoms with E-state index >= 15 is 0 Å². The summed E-state index contributed by atoms with van der Waals surface area (Å²) in [6, 6.07) is 1.91. The maximum Gasteiger partial charge on any atom is 0.225 e.